The second-order valence-corrected chi connectivity index (χ2v) is 8.71. The quantitative estimate of drug-likeness (QED) is 0.362. The fourth-order valence-corrected chi connectivity index (χ4v) is 3.46. The van der Waals surface area contributed by atoms with E-state index in [-0.39, 0.29) is 17.9 Å². The Balaban J connectivity index is 2.08. The number of benzene rings is 2. The van der Waals surface area contributed by atoms with Crippen molar-refractivity contribution >= 4 is 34.0 Å². The first-order valence-corrected chi connectivity index (χ1v) is 11.3. The monoisotopic (exact) mass is 519 g/mol. The van der Waals surface area contributed by atoms with Gasteiger partial charge in [-0.2, -0.15) is 5.10 Å². The molecule has 1 atom stereocenters. The number of rotatable bonds is 10. The van der Waals surface area contributed by atoms with Crippen LogP contribution in [0.3, 0.4) is 0 Å². The number of amides is 2. The third kappa shape index (κ3) is 7.49. The van der Waals surface area contributed by atoms with Gasteiger partial charge < -0.3 is 19.5 Å². The molecule has 9 heteroatoms. The summed E-state index contributed by atoms with van der Waals surface area (Å²) in [4.78, 5) is 25.3. The van der Waals surface area contributed by atoms with Gasteiger partial charge in [0.15, 0.2) is 11.5 Å². The second kappa shape index (κ2) is 12.2. The van der Waals surface area contributed by atoms with Crippen molar-refractivity contribution < 1.29 is 23.8 Å². The molecular weight excluding hydrogens is 490 g/mol. The Morgan fingerprint density at radius 1 is 1.03 bits per heavy atom. The standard InChI is InChI=1S/C24H30BrN3O5/c1-14(2)21(27-23(29)17-7-9-18(31-5)10-8-17)24(30)28-26-13-16-11-19(25)22(33-15(3)4)20(12-16)32-6/h7-15,21H,1-6H3,(H,27,29)(H,28,30). The zero-order valence-electron chi connectivity index (χ0n) is 19.6. The van der Waals surface area contributed by atoms with Crippen LogP contribution in [0.4, 0.5) is 0 Å². The lowest BCUT2D eigenvalue weighted by Crippen LogP contribution is -2.48. The van der Waals surface area contributed by atoms with Crippen LogP contribution in [0.15, 0.2) is 46.0 Å². The molecule has 0 aliphatic heterocycles. The van der Waals surface area contributed by atoms with Crippen molar-refractivity contribution in [2.24, 2.45) is 11.0 Å². The summed E-state index contributed by atoms with van der Waals surface area (Å²) in [6, 6.07) is 9.45. The summed E-state index contributed by atoms with van der Waals surface area (Å²) in [5, 5.41) is 6.81. The van der Waals surface area contributed by atoms with E-state index < -0.39 is 11.9 Å². The summed E-state index contributed by atoms with van der Waals surface area (Å²) < 4.78 is 17.0. The van der Waals surface area contributed by atoms with Crippen LogP contribution in [0.1, 0.15) is 43.6 Å². The van der Waals surface area contributed by atoms with Crippen LogP contribution in [0.5, 0.6) is 17.2 Å². The molecule has 2 N–H and O–H groups in total. The summed E-state index contributed by atoms with van der Waals surface area (Å²) in [5.74, 6) is 0.849. The van der Waals surface area contributed by atoms with Gasteiger partial charge in [-0.1, -0.05) is 13.8 Å². The highest BCUT2D eigenvalue weighted by Gasteiger charge is 2.24. The number of ether oxygens (including phenoxy) is 3. The van der Waals surface area contributed by atoms with Crippen LogP contribution in [-0.2, 0) is 4.79 Å². The number of hydrogen-bond acceptors (Lipinski definition) is 6. The highest BCUT2D eigenvalue weighted by Crippen LogP contribution is 2.36. The Bertz CT molecular complexity index is 990. The molecule has 0 aliphatic rings. The fourth-order valence-electron chi connectivity index (χ4n) is 2.91. The average molecular weight is 520 g/mol. The first-order valence-electron chi connectivity index (χ1n) is 10.5. The highest BCUT2D eigenvalue weighted by atomic mass is 79.9. The van der Waals surface area contributed by atoms with Crippen molar-refractivity contribution in [1.82, 2.24) is 10.7 Å². The maximum Gasteiger partial charge on any atom is 0.262 e. The number of halogens is 1. The molecule has 0 aliphatic carbocycles. The minimum atomic E-state index is -0.764. The van der Waals surface area contributed by atoms with Crippen LogP contribution >= 0.6 is 15.9 Å². The number of hydrogen-bond donors (Lipinski definition) is 2. The van der Waals surface area contributed by atoms with Crippen molar-refractivity contribution in [2.45, 2.75) is 39.8 Å². The van der Waals surface area contributed by atoms with Gasteiger partial charge in [0, 0.05) is 5.56 Å². The number of nitrogens with one attached hydrogen (secondary N) is 2. The maximum absolute atomic E-state index is 12.7. The van der Waals surface area contributed by atoms with Crippen molar-refractivity contribution in [3.63, 3.8) is 0 Å². The molecule has 8 nitrogen and oxygen atoms in total. The summed E-state index contributed by atoms with van der Waals surface area (Å²) >= 11 is 3.48. The SMILES string of the molecule is COc1ccc(C(=O)NC(C(=O)NN=Cc2cc(Br)c(OC(C)C)c(OC)c2)C(C)C)cc1. The largest absolute Gasteiger partial charge is 0.497 e. The smallest absolute Gasteiger partial charge is 0.262 e. The van der Waals surface area contributed by atoms with Gasteiger partial charge in [0.2, 0.25) is 0 Å². The minimum absolute atomic E-state index is 0.0184. The predicted molar refractivity (Wildman–Crippen MR) is 131 cm³/mol. The normalized spacial score (nSPS) is 12.0. The molecule has 0 saturated heterocycles. The first-order chi connectivity index (χ1) is 15.7. The molecular formula is C24H30BrN3O5. The van der Waals surface area contributed by atoms with Crippen molar-refractivity contribution in [3.8, 4) is 17.2 Å². The summed E-state index contributed by atoms with van der Waals surface area (Å²) in [7, 11) is 3.10. The predicted octanol–water partition coefficient (Wildman–Crippen LogP) is 4.16. The van der Waals surface area contributed by atoms with Crippen LogP contribution in [0.2, 0.25) is 0 Å². The molecule has 0 spiro atoms. The lowest BCUT2D eigenvalue weighted by atomic mass is 10.0. The summed E-state index contributed by atoms with van der Waals surface area (Å²) in [6.45, 7) is 7.54. The molecule has 0 bridgehead atoms. The zero-order valence-corrected chi connectivity index (χ0v) is 21.2. The van der Waals surface area contributed by atoms with E-state index in [0.717, 1.165) is 0 Å². The van der Waals surface area contributed by atoms with E-state index in [2.05, 4.69) is 31.8 Å². The molecule has 0 radical (unpaired) electrons. The van der Waals surface area contributed by atoms with Gasteiger partial charge >= 0.3 is 0 Å². The number of methoxy groups -OCH3 is 2. The lowest BCUT2D eigenvalue weighted by molar-refractivity contribution is -0.123. The summed E-state index contributed by atoms with van der Waals surface area (Å²) in [5.41, 5.74) is 3.62. The average Bonchev–Trinajstić information content (AvgIpc) is 2.78. The molecule has 2 rings (SSSR count). The molecule has 178 valence electrons. The van der Waals surface area contributed by atoms with Crippen LogP contribution in [0, 0.1) is 5.92 Å². The van der Waals surface area contributed by atoms with E-state index in [0.29, 0.717) is 32.8 Å². The molecule has 2 aromatic rings. The van der Waals surface area contributed by atoms with Gasteiger partial charge in [0.05, 0.1) is 31.0 Å². The Labute approximate surface area is 202 Å². The Morgan fingerprint density at radius 2 is 1.70 bits per heavy atom. The van der Waals surface area contributed by atoms with E-state index in [1.165, 1.54) is 6.21 Å². The Kier molecular flexibility index (Phi) is 9.72. The zero-order chi connectivity index (χ0) is 24.5. The van der Waals surface area contributed by atoms with Gasteiger partial charge in [0.1, 0.15) is 11.8 Å². The van der Waals surface area contributed by atoms with Crippen molar-refractivity contribution in [2.75, 3.05) is 14.2 Å². The maximum atomic E-state index is 12.7. The molecule has 2 aromatic carbocycles. The minimum Gasteiger partial charge on any atom is -0.497 e. The molecule has 0 aromatic heterocycles. The molecule has 2 amide bonds. The van der Waals surface area contributed by atoms with Gasteiger partial charge in [-0.05, 0) is 77.7 Å². The van der Waals surface area contributed by atoms with Gasteiger partial charge in [0.25, 0.3) is 11.8 Å². The third-order valence-electron chi connectivity index (χ3n) is 4.58. The topological polar surface area (TPSA) is 98.2 Å². The van der Waals surface area contributed by atoms with Gasteiger partial charge in [-0.25, -0.2) is 5.43 Å². The van der Waals surface area contributed by atoms with Crippen LogP contribution in [0.25, 0.3) is 0 Å². The Morgan fingerprint density at radius 3 is 2.24 bits per heavy atom. The lowest BCUT2D eigenvalue weighted by Gasteiger charge is -2.20. The number of nitrogens with zero attached hydrogens (tertiary/aromatic N) is 1. The van der Waals surface area contributed by atoms with Crippen LogP contribution < -0.4 is 25.0 Å². The van der Waals surface area contributed by atoms with Crippen molar-refractivity contribution in [1.29, 1.82) is 0 Å². The van der Waals surface area contributed by atoms with Gasteiger partial charge in [-0.15, -0.1) is 0 Å². The highest BCUT2D eigenvalue weighted by molar-refractivity contribution is 9.10. The van der Waals surface area contributed by atoms with Gasteiger partial charge in [-0.3, -0.25) is 9.59 Å². The van der Waals surface area contributed by atoms with E-state index in [1.54, 1.807) is 50.6 Å². The Hall–Kier alpha value is -3.07. The molecule has 33 heavy (non-hydrogen) atoms. The molecule has 0 fully saturated rings. The van der Waals surface area contributed by atoms with E-state index in [1.807, 2.05) is 27.7 Å². The van der Waals surface area contributed by atoms with E-state index >= 15 is 0 Å². The number of hydrazone groups is 1. The fraction of sp³-hybridized carbons (Fsp3) is 0.375. The second-order valence-electron chi connectivity index (χ2n) is 7.86. The first kappa shape index (κ1) is 26.2. The molecule has 0 saturated carbocycles. The van der Waals surface area contributed by atoms with Crippen molar-refractivity contribution in [3.05, 3.63) is 52.0 Å². The number of carbonyl (C=O) groups is 2. The molecule has 0 heterocycles. The van der Waals surface area contributed by atoms with Crippen LogP contribution in [-0.4, -0.2) is 44.4 Å². The summed E-state index contributed by atoms with van der Waals surface area (Å²) in [6.07, 6.45) is 1.47. The van der Waals surface area contributed by atoms with E-state index in [4.69, 9.17) is 14.2 Å². The van der Waals surface area contributed by atoms with E-state index in [9.17, 15) is 9.59 Å². The molecule has 1 unspecified atom stereocenters. The third-order valence-corrected chi connectivity index (χ3v) is 5.17. The number of carbonyl (C=O) groups excluding carboxylic acids is 2.